The third-order valence-electron chi connectivity index (χ3n) is 4.36. The summed E-state index contributed by atoms with van der Waals surface area (Å²) in [6, 6.07) is 14.0. The summed E-state index contributed by atoms with van der Waals surface area (Å²) in [4.78, 5) is 11.3. The van der Waals surface area contributed by atoms with Gasteiger partial charge in [0, 0.05) is 22.7 Å². The Morgan fingerprint density at radius 1 is 1.24 bits per heavy atom. The molecule has 1 amide bonds. The van der Waals surface area contributed by atoms with Crippen molar-refractivity contribution >= 4 is 11.6 Å². The quantitative estimate of drug-likeness (QED) is 0.843. The zero-order valence-electron chi connectivity index (χ0n) is 11.5. The average molecular weight is 280 g/mol. The summed E-state index contributed by atoms with van der Waals surface area (Å²) in [6.45, 7) is 0.689. The number of carbonyl (C=O) groups is 1. The highest BCUT2D eigenvalue weighted by atomic mass is 16.5. The summed E-state index contributed by atoms with van der Waals surface area (Å²) >= 11 is 0. The van der Waals surface area contributed by atoms with Gasteiger partial charge in [-0.2, -0.15) is 0 Å². The van der Waals surface area contributed by atoms with Crippen LogP contribution in [-0.2, 0) is 6.42 Å². The van der Waals surface area contributed by atoms with Crippen molar-refractivity contribution in [3.05, 3.63) is 59.2 Å². The summed E-state index contributed by atoms with van der Waals surface area (Å²) in [6.07, 6.45) is 0.891. The molecule has 0 saturated carbocycles. The second kappa shape index (κ2) is 4.52. The fourth-order valence-corrected chi connectivity index (χ4v) is 3.29. The smallest absolute Gasteiger partial charge is 0.248 e. The van der Waals surface area contributed by atoms with Crippen molar-refractivity contribution in [3.8, 4) is 5.75 Å². The number of anilines is 1. The van der Waals surface area contributed by atoms with Crippen LogP contribution >= 0.6 is 0 Å². The number of rotatable bonds is 1. The van der Waals surface area contributed by atoms with Gasteiger partial charge in [0.15, 0.2) is 0 Å². The minimum Gasteiger partial charge on any atom is -0.493 e. The number of amides is 1. The molecule has 2 aromatic rings. The fourth-order valence-electron chi connectivity index (χ4n) is 3.29. The Kier molecular flexibility index (Phi) is 2.64. The van der Waals surface area contributed by atoms with Gasteiger partial charge in [0.1, 0.15) is 5.75 Å². The maximum Gasteiger partial charge on any atom is 0.248 e. The SMILES string of the molecule is NC(=O)c1ccc2c(c1)CC1COc3ccccc3C1N2. The van der Waals surface area contributed by atoms with E-state index in [0.29, 0.717) is 18.1 Å². The molecule has 2 aliphatic rings. The maximum atomic E-state index is 11.3. The van der Waals surface area contributed by atoms with E-state index in [0.717, 1.165) is 23.4 Å². The molecule has 4 heteroatoms. The highest BCUT2D eigenvalue weighted by molar-refractivity contribution is 5.93. The number of primary amides is 1. The first-order valence-electron chi connectivity index (χ1n) is 7.13. The first-order valence-corrected chi connectivity index (χ1v) is 7.13. The van der Waals surface area contributed by atoms with Crippen LogP contribution in [0.4, 0.5) is 5.69 Å². The average Bonchev–Trinajstić information content (AvgIpc) is 2.52. The first-order chi connectivity index (χ1) is 10.2. The van der Waals surface area contributed by atoms with Gasteiger partial charge in [-0.15, -0.1) is 0 Å². The molecule has 0 saturated heterocycles. The molecule has 2 aliphatic heterocycles. The number of nitrogens with two attached hydrogens (primary N) is 1. The first kappa shape index (κ1) is 12.3. The lowest BCUT2D eigenvalue weighted by Crippen LogP contribution is -2.35. The van der Waals surface area contributed by atoms with E-state index in [2.05, 4.69) is 11.4 Å². The van der Waals surface area contributed by atoms with Gasteiger partial charge >= 0.3 is 0 Å². The van der Waals surface area contributed by atoms with Gasteiger partial charge in [-0.3, -0.25) is 4.79 Å². The predicted molar refractivity (Wildman–Crippen MR) is 80.5 cm³/mol. The number of para-hydroxylation sites is 1. The fraction of sp³-hybridized carbons (Fsp3) is 0.235. The van der Waals surface area contributed by atoms with Crippen LogP contribution in [0, 0.1) is 5.92 Å². The maximum absolute atomic E-state index is 11.3. The Balaban J connectivity index is 1.74. The molecule has 21 heavy (non-hydrogen) atoms. The van der Waals surface area contributed by atoms with Crippen LogP contribution in [0.25, 0.3) is 0 Å². The second-order valence-corrected chi connectivity index (χ2v) is 5.67. The van der Waals surface area contributed by atoms with E-state index in [9.17, 15) is 4.79 Å². The molecule has 2 heterocycles. The predicted octanol–water partition coefficient (Wildman–Crippen LogP) is 2.50. The summed E-state index contributed by atoms with van der Waals surface area (Å²) in [7, 11) is 0. The van der Waals surface area contributed by atoms with E-state index in [1.54, 1.807) is 6.07 Å². The van der Waals surface area contributed by atoms with E-state index >= 15 is 0 Å². The van der Waals surface area contributed by atoms with Gasteiger partial charge in [0.05, 0.1) is 12.6 Å². The number of nitrogens with one attached hydrogen (secondary N) is 1. The van der Waals surface area contributed by atoms with Gasteiger partial charge < -0.3 is 15.8 Å². The van der Waals surface area contributed by atoms with Crippen LogP contribution in [-0.4, -0.2) is 12.5 Å². The summed E-state index contributed by atoms with van der Waals surface area (Å²) in [5.74, 6) is 0.948. The molecule has 3 N–H and O–H groups in total. The lowest BCUT2D eigenvalue weighted by molar-refractivity contribution is 0.1000. The van der Waals surface area contributed by atoms with Gasteiger partial charge in [-0.1, -0.05) is 18.2 Å². The molecule has 0 bridgehead atoms. The molecule has 4 nitrogen and oxygen atoms in total. The Bertz CT molecular complexity index is 726. The minimum atomic E-state index is -0.384. The number of ether oxygens (including phenoxy) is 1. The van der Waals surface area contributed by atoms with Gasteiger partial charge in [-0.05, 0) is 36.2 Å². The van der Waals surface area contributed by atoms with Crippen molar-refractivity contribution in [1.29, 1.82) is 0 Å². The molecule has 0 radical (unpaired) electrons. The zero-order valence-corrected chi connectivity index (χ0v) is 11.5. The van der Waals surface area contributed by atoms with Gasteiger partial charge in [0.2, 0.25) is 5.91 Å². The minimum absolute atomic E-state index is 0.266. The summed E-state index contributed by atoms with van der Waals surface area (Å²) in [5, 5.41) is 3.59. The highest BCUT2D eigenvalue weighted by Crippen LogP contribution is 2.43. The van der Waals surface area contributed by atoms with E-state index in [1.165, 1.54) is 5.56 Å². The normalized spacial score (nSPS) is 22.1. The van der Waals surface area contributed by atoms with E-state index < -0.39 is 0 Å². The van der Waals surface area contributed by atoms with Crippen LogP contribution < -0.4 is 15.8 Å². The zero-order chi connectivity index (χ0) is 14.4. The van der Waals surface area contributed by atoms with E-state index in [-0.39, 0.29) is 11.9 Å². The Morgan fingerprint density at radius 3 is 2.95 bits per heavy atom. The van der Waals surface area contributed by atoms with Crippen molar-refractivity contribution in [2.75, 3.05) is 11.9 Å². The van der Waals surface area contributed by atoms with Crippen molar-refractivity contribution in [2.24, 2.45) is 11.7 Å². The molecule has 4 rings (SSSR count). The van der Waals surface area contributed by atoms with Crippen LogP contribution in [0.2, 0.25) is 0 Å². The molecule has 2 aromatic carbocycles. The number of hydrogen-bond donors (Lipinski definition) is 2. The Labute approximate surface area is 122 Å². The van der Waals surface area contributed by atoms with Crippen LogP contribution in [0.15, 0.2) is 42.5 Å². The lowest BCUT2D eigenvalue weighted by atomic mass is 9.82. The summed E-state index contributed by atoms with van der Waals surface area (Å²) in [5.41, 5.74) is 9.34. The van der Waals surface area contributed by atoms with Crippen molar-refractivity contribution in [2.45, 2.75) is 12.5 Å². The molecule has 2 atom stereocenters. The molecular formula is C17H16N2O2. The summed E-state index contributed by atoms with van der Waals surface area (Å²) < 4.78 is 5.85. The number of fused-ring (bicyclic) bond motifs is 4. The van der Waals surface area contributed by atoms with Crippen LogP contribution in [0.5, 0.6) is 5.75 Å². The largest absolute Gasteiger partial charge is 0.493 e. The second-order valence-electron chi connectivity index (χ2n) is 5.67. The highest BCUT2D eigenvalue weighted by Gasteiger charge is 2.34. The molecular weight excluding hydrogens is 264 g/mol. The van der Waals surface area contributed by atoms with Crippen molar-refractivity contribution in [3.63, 3.8) is 0 Å². The third-order valence-corrected chi connectivity index (χ3v) is 4.36. The van der Waals surface area contributed by atoms with Crippen molar-refractivity contribution in [1.82, 2.24) is 0 Å². The molecule has 106 valence electrons. The van der Waals surface area contributed by atoms with E-state index in [1.807, 2.05) is 30.3 Å². The van der Waals surface area contributed by atoms with Crippen molar-refractivity contribution < 1.29 is 9.53 Å². The topological polar surface area (TPSA) is 64.4 Å². The van der Waals surface area contributed by atoms with Gasteiger partial charge in [0.25, 0.3) is 0 Å². The van der Waals surface area contributed by atoms with Crippen LogP contribution in [0.3, 0.4) is 0 Å². The Morgan fingerprint density at radius 2 is 2.10 bits per heavy atom. The monoisotopic (exact) mass is 280 g/mol. The number of benzene rings is 2. The Hall–Kier alpha value is -2.49. The number of carbonyl (C=O) groups excluding carboxylic acids is 1. The lowest BCUT2D eigenvalue weighted by Gasteiger charge is -2.39. The molecule has 0 aromatic heterocycles. The molecule has 0 spiro atoms. The molecule has 0 aliphatic carbocycles. The van der Waals surface area contributed by atoms with Gasteiger partial charge in [-0.25, -0.2) is 0 Å². The molecule has 2 unspecified atom stereocenters. The van der Waals surface area contributed by atoms with E-state index in [4.69, 9.17) is 10.5 Å². The standard InChI is InChI=1S/C17H16N2O2/c18-17(20)10-5-6-14-11(7-10)8-12-9-21-15-4-2-1-3-13(15)16(12)19-14/h1-7,12,16,19H,8-9H2,(H2,18,20). The third kappa shape index (κ3) is 1.95. The number of hydrogen-bond acceptors (Lipinski definition) is 3. The molecule has 0 fully saturated rings. The van der Waals surface area contributed by atoms with Crippen LogP contribution in [0.1, 0.15) is 27.5 Å².